The van der Waals surface area contributed by atoms with E-state index in [0.717, 1.165) is 57.5 Å². The molecule has 6 nitrogen and oxygen atoms in total. The number of likely N-dealkylation sites (tertiary alicyclic amines) is 1. The van der Waals surface area contributed by atoms with Gasteiger partial charge in [-0.2, -0.15) is 0 Å². The van der Waals surface area contributed by atoms with Crippen LogP contribution in [0.15, 0.2) is 42.5 Å². The second-order valence-electron chi connectivity index (χ2n) is 8.91. The molecular weight excluding hydrogens is 402 g/mol. The normalized spacial score (nSPS) is 17.2. The van der Waals surface area contributed by atoms with Gasteiger partial charge >= 0.3 is 0 Å². The van der Waals surface area contributed by atoms with Gasteiger partial charge in [-0.3, -0.25) is 9.59 Å². The number of methoxy groups -OCH3 is 1. The van der Waals surface area contributed by atoms with Crippen LogP contribution in [0.1, 0.15) is 59.7 Å². The van der Waals surface area contributed by atoms with Gasteiger partial charge in [0.1, 0.15) is 5.75 Å². The first-order valence-corrected chi connectivity index (χ1v) is 11.7. The Balaban J connectivity index is 1.62. The van der Waals surface area contributed by atoms with E-state index >= 15 is 0 Å². The predicted octanol–water partition coefficient (Wildman–Crippen LogP) is 4.81. The molecule has 0 aromatic heterocycles. The maximum Gasteiger partial charge on any atom is 0.259 e. The molecule has 1 N–H and O–H groups in total. The van der Waals surface area contributed by atoms with E-state index in [1.165, 1.54) is 6.42 Å². The van der Waals surface area contributed by atoms with Gasteiger partial charge in [-0.25, -0.2) is 0 Å². The summed E-state index contributed by atoms with van der Waals surface area (Å²) in [6, 6.07) is 12.9. The molecule has 2 aliphatic heterocycles. The van der Waals surface area contributed by atoms with E-state index in [2.05, 4.69) is 17.1 Å². The molecule has 0 bridgehead atoms. The second kappa shape index (κ2) is 10.1. The molecule has 0 aliphatic carbocycles. The van der Waals surface area contributed by atoms with Crippen LogP contribution in [0.25, 0.3) is 0 Å². The quantitative estimate of drug-likeness (QED) is 0.732. The van der Waals surface area contributed by atoms with Crippen LogP contribution in [0.3, 0.4) is 0 Å². The number of hydrogen-bond acceptors (Lipinski definition) is 4. The summed E-state index contributed by atoms with van der Waals surface area (Å²) in [5, 5.41) is 2.96. The van der Waals surface area contributed by atoms with Gasteiger partial charge in [0.05, 0.1) is 18.2 Å². The minimum Gasteiger partial charge on any atom is -0.496 e. The third-order valence-corrected chi connectivity index (χ3v) is 6.60. The Kier molecular flexibility index (Phi) is 6.98. The van der Waals surface area contributed by atoms with Gasteiger partial charge in [-0.1, -0.05) is 19.1 Å². The lowest BCUT2D eigenvalue weighted by atomic mass is 9.97. The fourth-order valence-electron chi connectivity index (χ4n) is 4.61. The second-order valence-corrected chi connectivity index (χ2v) is 8.91. The summed E-state index contributed by atoms with van der Waals surface area (Å²) in [6.45, 7) is 5.79. The number of carbonyl (C=O) groups excluding carboxylic acids is 2. The topological polar surface area (TPSA) is 61.9 Å². The summed E-state index contributed by atoms with van der Waals surface area (Å²) in [5.41, 5.74) is 2.74. The Morgan fingerprint density at radius 2 is 1.66 bits per heavy atom. The Morgan fingerprint density at radius 1 is 0.938 bits per heavy atom. The van der Waals surface area contributed by atoms with E-state index in [-0.39, 0.29) is 11.8 Å². The van der Waals surface area contributed by atoms with Gasteiger partial charge in [0, 0.05) is 37.6 Å². The highest BCUT2D eigenvalue weighted by Gasteiger charge is 2.26. The number of ether oxygens (including phenoxy) is 1. The molecule has 2 aromatic rings. The molecule has 2 amide bonds. The smallest absolute Gasteiger partial charge is 0.259 e. The predicted molar refractivity (Wildman–Crippen MR) is 128 cm³/mol. The zero-order valence-electron chi connectivity index (χ0n) is 19.1. The van der Waals surface area contributed by atoms with Crippen molar-refractivity contribution in [2.45, 2.75) is 39.0 Å². The first kappa shape index (κ1) is 22.2. The molecule has 170 valence electrons. The maximum absolute atomic E-state index is 13.5. The molecule has 2 saturated heterocycles. The van der Waals surface area contributed by atoms with Crippen LogP contribution < -0.4 is 15.0 Å². The summed E-state index contributed by atoms with van der Waals surface area (Å²) in [5.74, 6) is 1.05. The van der Waals surface area contributed by atoms with E-state index < -0.39 is 0 Å². The standard InChI is InChI=1S/C26H33N3O3/c1-19-12-16-28(17-13-19)23-11-10-20(18-22(23)26(31)29-14-6-3-7-15-29)27-25(30)21-8-4-5-9-24(21)32-2/h4-5,8-11,18-19H,3,6-7,12-17H2,1-2H3,(H,27,30). The number of benzene rings is 2. The third kappa shape index (κ3) is 4.90. The summed E-state index contributed by atoms with van der Waals surface area (Å²) in [7, 11) is 1.55. The average molecular weight is 436 g/mol. The molecule has 0 saturated carbocycles. The van der Waals surface area contributed by atoms with E-state index in [4.69, 9.17) is 4.74 Å². The van der Waals surface area contributed by atoms with Crippen molar-refractivity contribution < 1.29 is 14.3 Å². The van der Waals surface area contributed by atoms with Gasteiger partial charge in [0.25, 0.3) is 11.8 Å². The zero-order valence-corrected chi connectivity index (χ0v) is 19.1. The van der Waals surface area contributed by atoms with Crippen LogP contribution in [-0.2, 0) is 0 Å². The first-order valence-electron chi connectivity index (χ1n) is 11.7. The van der Waals surface area contributed by atoms with Crippen molar-refractivity contribution in [1.82, 2.24) is 4.90 Å². The number of piperidine rings is 2. The molecule has 0 atom stereocenters. The van der Waals surface area contributed by atoms with Crippen molar-refractivity contribution >= 4 is 23.2 Å². The molecule has 0 unspecified atom stereocenters. The van der Waals surface area contributed by atoms with Crippen molar-refractivity contribution in [3.8, 4) is 5.75 Å². The van der Waals surface area contributed by atoms with Crippen LogP contribution >= 0.6 is 0 Å². The molecular formula is C26H33N3O3. The van der Waals surface area contributed by atoms with Gasteiger partial charge in [0.2, 0.25) is 0 Å². The Hall–Kier alpha value is -3.02. The number of anilines is 2. The number of nitrogens with zero attached hydrogens (tertiary/aromatic N) is 2. The first-order chi connectivity index (χ1) is 15.6. The Bertz CT molecular complexity index is 961. The van der Waals surface area contributed by atoms with E-state index in [9.17, 15) is 9.59 Å². The van der Waals surface area contributed by atoms with Crippen LogP contribution in [0, 0.1) is 5.92 Å². The van der Waals surface area contributed by atoms with E-state index in [1.807, 2.05) is 35.2 Å². The fourth-order valence-corrected chi connectivity index (χ4v) is 4.61. The van der Waals surface area contributed by atoms with Crippen LogP contribution in [0.5, 0.6) is 5.75 Å². The molecule has 2 aromatic carbocycles. The van der Waals surface area contributed by atoms with Crippen LogP contribution in [0.2, 0.25) is 0 Å². The van der Waals surface area contributed by atoms with Crippen molar-refractivity contribution in [1.29, 1.82) is 0 Å². The van der Waals surface area contributed by atoms with Crippen molar-refractivity contribution in [3.63, 3.8) is 0 Å². The number of amides is 2. The fraction of sp³-hybridized carbons (Fsp3) is 0.462. The monoisotopic (exact) mass is 435 g/mol. The molecule has 4 rings (SSSR count). The lowest BCUT2D eigenvalue weighted by molar-refractivity contribution is 0.0724. The SMILES string of the molecule is COc1ccccc1C(=O)Nc1ccc(N2CCC(C)CC2)c(C(=O)N2CCCCC2)c1. The summed E-state index contributed by atoms with van der Waals surface area (Å²) >= 11 is 0. The lowest BCUT2D eigenvalue weighted by Crippen LogP contribution is -2.38. The highest BCUT2D eigenvalue weighted by Crippen LogP contribution is 2.31. The summed E-state index contributed by atoms with van der Waals surface area (Å²) < 4.78 is 5.32. The molecule has 6 heteroatoms. The number of hydrogen-bond donors (Lipinski definition) is 1. The Labute approximate surface area is 190 Å². The largest absolute Gasteiger partial charge is 0.496 e. The highest BCUT2D eigenvalue weighted by atomic mass is 16.5. The van der Waals surface area contributed by atoms with Crippen molar-refractivity contribution in [2.24, 2.45) is 5.92 Å². The van der Waals surface area contributed by atoms with Crippen LogP contribution in [0.4, 0.5) is 11.4 Å². The number of rotatable bonds is 5. The van der Waals surface area contributed by atoms with Crippen molar-refractivity contribution in [2.75, 3.05) is 43.5 Å². The van der Waals surface area contributed by atoms with Crippen molar-refractivity contribution in [3.05, 3.63) is 53.6 Å². The molecule has 32 heavy (non-hydrogen) atoms. The summed E-state index contributed by atoms with van der Waals surface area (Å²) in [4.78, 5) is 30.7. The van der Waals surface area contributed by atoms with Gasteiger partial charge < -0.3 is 19.9 Å². The molecule has 2 heterocycles. The molecule has 2 fully saturated rings. The Morgan fingerprint density at radius 3 is 2.38 bits per heavy atom. The van der Waals surface area contributed by atoms with Gasteiger partial charge in [0.15, 0.2) is 0 Å². The lowest BCUT2D eigenvalue weighted by Gasteiger charge is -2.35. The highest BCUT2D eigenvalue weighted by molar-refractivity contribution is 6.07. The zero-order chi connectivity index (χ0) is 22.5. The minimum atomic E-state index is -0.252. The number of para-hydroxylation sites is 1. The van der Waals surface area contributed by atoms with E-state index in [1.54, 1.807) is 19.2 Å². The van der Waals surface area contributed by atoms with E-state index in [0.29, 0.717) is 28.5 Å². The molecule has 0 radical (unpaired) electrons. The van der Waals surface area contributed by atoms with Gasteiger partial charge in [-0.05, 0) is 68.4 Å². The average Bonchev–Trinajstić information content (AvgIpc) is 2.84. The van der Waals surface area contributed by atoms with Crippen LogP contribution in [-0.4, -0.2) is 50.0 Å². The third-order valence-electron chi connectivity index (χ3n) is 6.60. The number of carbonyl (C=O) groups is 2. The maximum atomic E-state index is 13.5. The summed E-state index contributed by atoms with van der Waals surface area (Å²) in [6.07, 6.45) is 5.53. The molecule has 2 aliphatic rings. The van der Waals surface area contributed by atoms with Gasteiger partial charge in [-0.15, -0.1) is 0 Å². The molecule has 0 spiro atoms. The minimum absolute atomic E-state index is 0.0618. The number of nitrogens with one attached hydrogen (secondary N) is 1.